The molecule has 25 heteroatoms. The summed E-state index contributed by atoms with van der Waals surface area (Å²) in [7, 11) is -7.88. The molecule has 1 aromatic carbocycles. The molecule has 5 aromatic rings. The third kappa shape index (κ3) is 10.0. The molecular formula is C40H60BN9O10P2SSi2. The van der Waals surface area contributed by atoms with Gasteiger partial charge >= 0.3 is 6.80 Å². The van der Waals surface area contributed by atoms with Gasteiger partial charge in [-0.15, -0.1) is 0 Å². The second-order valence-corrected chi connectivity index (χ2v) is 34.4. The fourth-order valence-electron chi connectivity index (χ4n) is 7.59. The van der Waals surface area contributed by atoms with E-state index in [1.807, 2.05) is 37.3 Å². The first kappa shape index (κ1) is 48.6. The van der Waals surface area contributed by atoms with E-state index in [2.05, 4.69) is 110 Å². The number of fused-ring (bicyclic) bond motifs is 5. The van der Waals surface area contributed by atoms with Gasteiger partial charge in [0, 0.05) is 6.54 Å². The van der Waals surface area contributed by atoms with Crippen molar-refractivity contribution in [2.45, 2.75) is 140 Å². The van der Waals surface area contributed by atoms with Crippen molar-refractivity contribution in [1.82, 2.24) is 39.0 Å². The minimum atomic E-state index is -4.32. The lowest BCUT2D eigenvalue weighted by Gasteiger charge is -2.41. The SMILES string of the molecule is BP1(=O)OC[C@H]2O[C@@H](n3cnc4c(C)ncnc43)[C@H](OP(=O)(S)OC[C@H]3O[C@@H](n4cnc5c(NCc6ccccc6)ncnc54)[C@H](O[Si](C)(C)C(C)(C)C)[C@@H]3O1)[C@@H]2O[Si](C)(C)C(C)(C)C. The first-order chi connectivity index (χ1) is 30.3. The van der Waals surface area contributed by atoms with E-state index in [1.54, 1.807) is 21.8 Å². The fraction of sp³-hybridized carbons (Fsp3) is 0.600. The largest absolute Gasteiger partial charge is 0.408 e. The first-order valence-electron chi connectivity index (χ1n) is 21.7. The number of thiol groups is 1. The van der Waals surface area contributed by atoms with Crippen LogP contribution in [0.15, 0.2) is 55.6 Å². The molecule has 3 aliphatic rings. The van der Waals surface area contributed by atoms with Crippen molar-refractivity contribution in [3.05, 3.63) is 66.9 Å². The summed E-state index contributed by atoms with van der Waals surface area (Å²) in [5, 5.41) is 2.87. The summed E-state index contributed by atoms with van der Waals surface area (Å²) < 4.78 is 86.5. The lowest BCUT2D eigenvalue weighted by molar-refractivity contribution is -0.0573. The van der Waals surface area contributed by atoms with Gasteiger partial charge in [0.25, 0.3) is 15.0 Å². The van der Waals surface area contributed by atoms with Crippen LogP contribution in [0.1, 0.15) is 65.3 Å². The van der Waals surface area contributed by atoms with Crippen molar-refractivity contribution in [2.24, 2.45) is 0 Å². The number of aromatic nitrogens is 8. The molecule has 0 aliphatic carbocycles. The van der Waals surface area contributed by atoms with Crippen molar-refractivity contribution < 1.29 is 45.6 Å². The van der Waals surface area contributed by atoms with Crippen LogP contribution in [0.3, 0.4) is 0 Å². The van der Waals surface area contributed by atoms with Gasteiger partial charge in [-0.25, -0.2) is 34.5 Å². The van der Waals surface area contributed by atoms with Crippen LogP contribution in [-0.2, 0) is 52.1 Å². The number of imidazole rings is 2. The molecular weight excluding hydrogens is 927 g/mol. The predicted octanol–water partition coefficient (Wildman–Crippen LogP) is 7.76. The zero-order valence-corrected chi connectivity index (χ0v) is 43.6. The predicted molar refractivity (Wildman–Crippen MR) is 256 cm³/mol. The molecule has 10 atom stereocenters. The zero-order chi connectivity index (χ0) is 46.9. The summed E-state index contributed by atoms with van der Waals surface area (Å²) in [4.78, 5) is 27.2. The molecule has 7 heterocycles. The van der Waals surface area contributed by atoms with Crippen molar-refractivity contribution in [1.29, 1.82) is 0 Å². The normalized spacial score (nSPS) is 30.8. The molecule has 3 fully saturated rings. The summed E-state index contributed by atoms with van der Waals surface area (Å²) in [5.74, 6) is 0.525. The molecule has 2 bridgehead atoms. The van der Waals surface area contributed by atoms with Crippen LogP contribution in [0.4, 0.5) is 5.82 Å². The minimum Gasteiger partial charge on any atom is -0.408 e. The maximum absolute atomic E-state index is 14.9. The van der Waals surface area contributed by atoms with E-state index < -0.39 is 80.0 Å². The molecule has 0 amide bonds. The molecule has 0 radical (unpaired) electrons. The topological polar surface area (TPSA) is 207 Å². The van der Waals surface area contributed by atoms with Gasteiger partial charge in [0.05, 0.1) is 31.6 Å². The Bertz CT molecular complexity index is 2620. The van der Waals surface area contributed by atoms with E-state index in [4.69, 9.17) is 41.4 Å². The Morgan fingerprint density at radius 1 is 0.754 bits per heavy atom. The molecule has 0 saturated carbocycles. The summed E-state index contributed by atoms with van der Waals surface area (Å²) in [5.41, 5.74) is 3.69. The number of hydrogen-bond acceptors (Lipinski definition) is 17. The van der Waals surface area contributed by atoms with Gasteiger partial charge in [0.15, 0.2) is 51.7 Å². The molecule has 1 N–H and O–H groups in total. The Hall–Kier alpha value is -2.89. The van der Waals surface area contributed by atoms with E-state index in [-0.39, 0.29) is 23.3 Å². The maximum atomic E-state index is 14.9. The van der Waals surface area contributed by atoms with Crippen LogP contribution < -0.4 is 5.32 Å². The maximum Gasteiger partial charge on any atom is 0.386 e. The highest BCUT2D eigenvalue weighted by atomic mass is 32.7. The third-order valence-electron chi connectivity index (χ3n) is 13.2. The smallest absolute Gasteiger partial charge is 0.386 e. The Morgan fingerprint density at radius 2 is 1.32 bits per heavy atom. The molecule has 8 rings (SSSR count). The average molecular weight is 988 g/mol. The van der Waals surface area contributed by atoms with Crippen LogP contribution >= 0.6 is 26.5 Å². The number of aryl methyl sites for hydroxylation is 1. The third-order valence-corrected chi connectivity index (χ3v) is 25.0. The highest BCUT2D eigenvalue weighted by Crippen LogP contribution is 2.59. The van der Waals surface area contributed by atoms with E-state index >= 15 is 0 Å². The lowest BCUT2D eigenvalue weighted by Crippen LogP contribution is -2.50. The second kappa shape index (κ2) is 17.9. The second-order valence-electron chi connectivity index (χ2n) is 20.0. The molecule has 19 nitrogen and oxygen atoms in total. The number of anilines is 1. The molecule has 352 valence electrons. The number of nitrogens with zero attached hydrogens (tertiary/aromatic N) is 8. The van der Waals surface area contributed by atoms with E-state index in [1.165, 1.54) is 20.2 Å². The van der Waals surface area contributed by atoms with E-state index in [9.17, 15) is 9.13 Å². The van der Waals surface area contributed by atoms with Crippen LogP contribution in [0.25, 0.3) is 22.3 Å². The monoisotopic (exact) mass is 987 g/mol. The molecule has 0 spiro atoms. The molecule has 65 heavy (non-hydrogen) atoms. The van der Waals surface area contributed by atoms with Crippen LogP contribution in [0.5, 0.6) is 0 Å². The highest BCUT2D eigenvalue weighted by molar-refractivity contribution is 8.44. The summed E-state index contributed by atoms with van der Waals surface area (Å²) in [6.07, 6.45) is -1.83. The Kier molecular flexibility index (Phi) is 13.4. The van der Waals surface area contributed by atoms with Gasteiger partial charge in [0.1, 0.15) is 54.8 Å². The fourth-order valence-corrected chi connectivity index (χ4v) is 12.8. The molecule has 2 unspecified atom stereocenters. The molecule has 3 saturated heterocycles. The van der Waals surface area contributed by atoms with Crippen LogP contribution in [0.2, 0.25) is 36.3 Å². The van der Waals surface area contributed by atoms with Crippen LogP contribution in [0, 0.1) is 6.92 Å². The summed E-state index contributed by atoms with van der Waals surface area (Å²) in [6, 6.07) is 9.94. The van der Waals surface area contributed by atoms with Gasteiger partial charge in [-0.3, -0.25) is 22.7 Å². The van der Waals surface area contributed by atoms with Gasteiger partial charge < -0.3 is 32.7 Å². The Labute approximate surface area is 387 Å². The van der Waals surface area contributed by atoms with Gasteiger partial charge in [0.2, 0.25) is 0 Å². The summed E-state index contributed by atoms with van der Waals surface area (Å²) >= 11 is 4.57. The highest BCUT2D eigenvalue weighted by Gasteiger charge is 2.57. The van der Waals surface area contributed by atoms with Crippen LogP contribution in [-0.4, -0.2) is 113 Å². The number of hydrogen-bond donors (Lipinski definition) is 2. The Balaban J connectivity index is 1.17. The quantitative estimate of drug-likeness (QED) is 0.0822. The van der Waals surface area contributed by atoms with Crippen molar-refractivity contribution in [3.8, 4) is 0 Å². The Morgan fingerprint density at radius 3 is 1.98 bits per heavy atom. The molecule has 4 aromatic heterocycles. The van der Waals surface area contributed by atoms with Crippen molar-refractivity contribution in [3.63, 3.8) is 0 Å². The van der Waals surface area contributed by atoms with Crippen molar-refractivity contribution >= 4 is 78.9 Å². The average Bonchev–Trinajstić information content (AvgIpc) is 3.99. The minimum absolute atomic E-state index is 0.251. The summed E-state index contributed by atoms with van der Waals surface area (Å²) in [6.45, 7) is 18.5. The molecule has 3 aliphatic heterocycles. The van der Waals surface area contributed by atoms with Crippen molar-refractivity contribution in [2.75, 3.05) is 18.5 Å². The number of benzene rings is 1. The zero-order valence-electron chi connectivity index (χ0n) is 38.9. The van der Waals surface area contributed by atoms with Gasteiger partial charge in [-0.1, -0.05) is 84.1 Å². The van der Waals surface area contributed by atoms with Gasteiger partial charge in [-0.2, -0.15) is 0 Å². The number of nitrogens with one attached hydrogen (secondary N) is 1. The lowest BCUT2D eigenvalue weighted by atomic mass is 10.1. The van der Waals surface area contributed by atoms with E-state index in [0.29, 0.717) is 40.4 Å². The van der Waals surface area contributed by atoms with E-state index in [0.717, 1.165) is 5.56 Å². The standard InChI is InChI=1S/C40H60BN9O10P2SSi2/c1-24-28-35(45-20-43-24)49(22-47-28)37-32-31(59-64(8,9)39(2,3)4)27(56-37)18-53-61(41,51)57-30-26(19-54-62(52,63)58-32)55-38(33(30)60-65(10,11)40(5,6)7)50-23-48-29-34(44-21-46-36(29)50)42-17-25-15-13-12-14-16-25/h12-16,20-23,26-27,30-33,37-38H,17-19,41H2,1-11H3,(H,52,63)(H,42,44,46)/t26-,27-,30-,31-,32-,33-,37-,38-,61?,62?/m1/s1. The first-order valence-corrected chi connectivity index (χ1v) is 32.2. The number of rotatable bonds is 9. The number of ether oxygens (including phenoxy) is 2. The van der Waals surface area contributed by atoms with Gasteiger partial charge in [-0.05, 0) is 48.8 Å².